The molecule has 28 heavy (non-hydrogen) atoms. The second-order valence-electron chi connectivity index (χ2n) is 6.54. The summed E-state index contributed by atoms with van der Waals surface area (Å²) >= 11 is 0. The Bertz CT molecular complexity index is 880. The second-order valence-corrected chi connectivity index (χ2v) is 6.54. The Kier molecular flexibility index (Phi) is 6.37. The van der Waals surface area contributed by atoms with Gasteiger partial charge in [0.1, 0.15) is 23.0 Å². The van der Waals surface area contributed by atoms with Crippen LogP contribution in [0.15, 0.2) is 42.9 Å². The van der Waals surface area contributed by atoms with Crippen LogP contribution in [0.3, 0.4) is 0 Å². The summed E-state index contributed by atoms with van der Waals surface area (Å²) in [5.41, 5.74) is 14.3. The zero-order valence-corrected chi connectivity index (χ0v) is 16.4. The maximum absolute atomic E-state index is 6.08. The standard InChI is InChI=1S/C21H27N5O2/c1-3-9-27-17-12-15(11-16-14-24-21(23)25-20(16)22)13-18(28-10-4-2)19(17)26-7-5-6-8-26/h5-8,12-14H,3-4,9-11H2,1-2H3,(H4,22,23,24,25). The number of nitrogen functional groups attached to an aromatic ring is 2. The third-order valence-corrected chi connectivity index (χ3v) is 4.20. The molecule has 0 saturated heterocycles. The Morgan fingerprint density at radius 3 is 2.11 bits per heavy atom. The van der Waals surface area contributed by atoms with Crippen molar-refractivity contribution in [3.8, 4) is 17.2 Å². The van der Waals surface area contributed by atoms with E-state index in [0.29, 0.717) is 25.5 Å². The van der Waals surface area contributed by atoms with Crippen LogP contribution in [0.2, 0.25) is 0 Å². The minimum Gasteiger partial charge on any atom is -0.491 e. The van der Waals surface area contributed by atoms with Gasteiger partial charge in [-0.1, -0.05) is 13.8 Å². The van der Waals surface area contributed by atoms with Gasteiger partial charge in [0.15, 0.2) is 0 Å². The van der Waals surface area contributed by atoms with Gasteiger partial charge in [-0.2, -0.15) is 4.98 Å². The molecule has 0 fully saturated rings. The van der Waals surface area contributed by atoms with E-state index in [1.165, 1.54) is 0 Å². The Morgan fingerprint density at radius 2 is 1.57 bits per heavy atom. The maximum atomic E-state index is 6.08. The van der Waals surface area contributed by atoms with Gasteiger partial charge in [-0.3, -0.25) is 0 Å². The van der Waals surface area contributed by atoms with Crippen molar-refractivity contribution in [3.63, 3.8) is 0 Å². The largest absolute Gasteiger partial charge is 0.491 e. The molecule has 3 rings (SSSR count). The number of aromatic nitrogens is 3. The predicted molar refractivity (Wildman–Crippen MR) is 111 cm³/mol. The van der Waals surface area contributed by atoms with Crippen LogP contribution in [0.1, 0.15) is 37.8 Å². The Balaban J connectivity index is 2.05. The average Bonchev–Trinajstić information content (AvgIpc) is 3.21. The number of ether oxygens (including phenoxy) is 2. The molecule has 148 valence electrons. The average molecular weight is 381 g/mol. The summed E-state index contributed by atoms with van der Waals surface area (Å²) in [4.78, 5) is 8.11. The molecule has 2 aromatic heterocycles. The van der Waals surface area contributed by atoms with Gasteiger partial charge in [-0.25, -0.2) is 4.98 Å². The fourth-order valence-corrected chi connectivity index (χ4v) is 2.91. The quantitative estimate of drug-likeness (QED) is 0.587. The molecule has 0 spiro atoms. The number of hydrogen-bond acceptors (Lipinski definition) is 6. The zero-order valence-electron chi connectivity index (χ0n) is 16.4. The summed E-state index contributed by atoms with van der Waals surface area (Å²) in [7, 11) is 0. The molecule has 7 heteroatoms. The van der Waals surface area contributed by atoms with E-state index in [9.17, 15) is 0 Å². The molecule has 1 aromatic carbocycles. The van der Waals surface area contributed by atoms with Crippen molar-refractivity contribution in [2.45, 2.75) is 33.1 Å². The molecule has 7 nitrogen and oxygen atoms in total. The van der Waals surface area contributed by atoms with Gasteiger partial charge in [0.05, 0.1) is 13.2 Å². The molecule has 0 bridgehead atoms. The van der Waals surface area contributed by atoms with Crippen molar-refractivity contribution >= 4 is 11.8 Å². The van der Waals surface area contributed by atoms with Crippen molar-refractivity contribution < 1.29 is 9.47 Å². The van der Waals surface area contributed by atoms with Crippen LogP contribution >= 0.6 is 0 Å². The van der Waals surface area contributed by atoms with E-state index in [4.69, 9.17) is 20.9 Å². The third kappa shape index (κ3) is 4.54. The Morgan fingerprint density at radius 1 is 0.964 bits per heavy atom. The highest BCUT2D eigenvalue weighted by Gasteiger charge is 2.16. The topological polar surface area (TPSA) is 101 Å². The van der Waals surface area contributed by atoms with E-state index >= 15 is 0 Å². The van der Waals surface area contributed by atoms with Crippen molar-refractivity contribution in [1.29, 1.82) is 0 Å². The van der Waals surface area contributed by atoms with Crippen molar-refractivity contribution in [2.24, 2.45) is 0 Å². The van der Waals surface area contributed by atoms with Crippen LogP contribution in [0.5, 0.6) is 11.5 Å². The normalized spacial score (nSPS) is 10.8. The van der Waals surface area contributed by atoms with Crippen LogP contribution < -0.4 is 20.9 Å². The molecule has 0 aliphatic carbocycles. The molecule has 0 saturated carbocycles. The van der Waals surface area contributed by atoms with Crippen LogP contribution in [-0.4, -0.2) is 27.7 Å². The summed E-state index contributed by atoms with van der Waals surface area (Å²) in [6.07, 6.45) is 8.02. The van der Waals surface area contributed by atoms with Crippen molar-refractivity contribution in [2.75, 3.05) is 24.7 Å². The number of benzene rings is 1. The molecule has 0 amide bonds. The lowest BCUT2D eigenvalue weighted by Crippen LogP contribution is -2.08. The first-order chi connectivity index (χ1) is 13.6. The molecule has 0 radical (unpaired) electrons. The number of rotatable bonds is 9. The molecular weight excluding hydrogens is 354 g/mol. The van der Waals surface area contributed by atoms with E-state index in [1.54, 1.807) is 6.20 Å². The number of nitrogens with zero attached hydrogens (tertiary/aromatic N) is 3. The molecular formula is C21H27N5O2. The van der Waals surface area contributed by atoms with Gasteiger partial charge in [0.25, 0.3) is 0 Å². The summed E-state index contributed by atoms with van der Waals surface area (Å²) in [5, 5.41) is 0. The fourth-order valence-electron chi connectivity index (χ4n) is 2.91. The monoisotopic (exact) mass is 381 g/mol. The fraction of sp³-hybridized carbons (Fsp3) is 0.333. The smallest absolute Gasteiger partial charge is 0.221 e. The highest BCUT2D eigenvalue weighted by atomic mass is 16.5. The number of nitrogens with two attached hydrogens (primary N) is 2. The molecule has 2 heterocycles. The molecule has 3 aromatic rings. The number of hydrogen-bond donors (Lipinski definition) is 2. The molecule has 0 unspecified atom stereocenters. The first-order valence-corrected chi connectivity index (χ1v) is 9.55. The summed E-state index contributed by atoms with van der Waals surface area (Å²) in [5.74, 6) is 2.10. The first-order valence-electron chi connectivity index (χ1n) is 9.55. The van der Waals surface area contributed by atoms with E-state index in [-0.39, 0.29) is 5.95 Å². The highest BCUT2D eigenvalue weighted by Crippen LogP contribution is 2.36. The minimum absolute atomic E-state index is 0.170. The van der Waals surface area contributed by atoms with Crippen molar-refractivity contribution in [1.82, 2.24) is 14.5 Å². The van der Waals surface area contributed by atoms with Gasteiger partial charge in [-0.15, -0.1) is 0 Å². The number of anilines is 2. The molecule has 0 aliphatic rings. The van der Waals surface area contributed by atoms with Gasteiger partial charge >= 0.3 is 0 Å². The molecule has 0 aliphatic heterocycles. The van der Waals surface area contributed by atoms with E-state index in [0.717, 1.165) is 41.2 Å². The Hall–Kier alpha value is -3.22. The van der Waals surface area contributed by atoms with Gasteiger partial charge in [0, 0.05) is 30.6 Å². The molecule has 4 N–H and O–H groups in total. The lowest BCUT2D eigenvalue weighted by molar-refractivity contribution is 0.299. The summed E-state index contributed by atoms with van der Waals surface area (Å²) in [6.45, 7) is 5.41. The highest BCUT2D eigenvalue weighted by molar-refractivity contribution is 5.60. The molecule has 0 atom stereocenters. The third-order valence-electron chi connectivity index (χ3n) is 4.20. The minimum atomic E-state index is 0.170. The SMILES string of the molecule is CCCOc1cc(Cc2cnc(N)nc2N)cc(OCCC)c1-n1cccc1. The lowest BCUT2D eigenvalue weighted by atomic mass is 10.0. The second kappa shape index (κ2) is 9.12. The zero-order chi connectivity index (χ0) is 19.9. The van der Waals surface area contributed by atoms with E-state index in [2.05, 4.69) is 23.8 Å². The predicted octanol–water partition coefficient (Wildman–Crippen LogP) is 3.60. The Labute approximate surface area is 165 Å². The lowest BCUT2D eigenvalue weighted by Gasteiger charge is -2.19. The van der Waals surface area contributed by atoms with Crippen LogP contribution in [0, 0.1) is 0 Å². The summed E-state index contributed by atoms with van der Waals surface area (Å²) in [6, 6.07) is 8.01. The maximum Gasteiger partial charge on any atom is 0.221 e. The summed E-state index contributed by atoms with van der Waals surface area (Å²) < 4.78 is 14.2. The van der Waals surface area contributed by atoms with Crippen LogP contribution in [0.4, 0.5) is 11.8 Å². The van der Waals surface area contributed by atoms with Crippen LogP contribution in [0.25, 0.3) is 5.69 Å². The van der Waals surface area contributed by atoms with Gasteiger partial charge in [-0.05, 0) is 42.7 Å². The van der Waals surface area contributed by atoms with E-state index < -0.39 is 0 Å². The van der Waals surface area contributed by atoms with Crippen molar-refractivity contribution in [3.05, 3.63) is 54.0 Å². The van der Waals surface area contributed by atoms with E-state index in [1.807, 2.05) is 41.2 Å². The van der Waals surface area contributed by atoms with Crippen LogP contribution in [-0.2, 0) is 6.42 Å². The van der Waals surface area contributed by atoms with Gasteiger partial charge < -0.3 is 25.5 Å². The van der Waals surface area contributed by atoms with Gasteiger partial charge in [0.2, 0.25) is 5.95 Å². The first kappa shape index (κ1) is 19.5.